The Morgan fingerprint density at radius 1 is 1.24 bits per heavy atom. The van der Waals surface area contributed by atoms with Crippen molar-refractivity contribution in [2.24, 2.45) is 0 Å². The summed E-state index contributed by atoms with van der Waals surface area (Å²) in [7, 11) is 0. The maximum atomic E-state index is 11.2. The van der Waals surface area contributed by atoms with Crippen molar-refractivity contribution in [2.75, 3.05) is 0 Å². The smallest absolute Gasteiger partial charge is 0.308 e. The largest absolute Gasteiger partial charge is 0.425 e. The SMILES string of the molecule is CC(=O)Oc1cccc(Cl)c1SCc1cc(C)ccc1C. The first-order chi connectivity index (χ1) is 9.97. The molecule has 0 aliphatic carbocycles. The van der Waals surface area contributed by atoms with Gasteiger partial charge in [-0.05, 0) is 37.1 Å². The summed E-state index contributed by atoms with van der Waals surface area (Å²) in [5, 5.41) is 0.601. The van der Waals surface area contributed by atoms with Crippen LogP contribution in [0.5, 0.6) is 5.75 Å². The predicted molar refractivity (Wildman–Crippen MR) is 88.2 cm³/mol. The Kier molecular flexibility index (Phi) is 5.32. The zero-order valence-electron chi connectivity index (χ0n) is 12.3. The molecule has 0 saturated heterocycles. The van der Waals surface area contributed by atoms with E-state index in [0.29, 0.717) is 10.8 Å². The van der Waals surface area contributed by atoms with Crippen LogP contribution in [0.4, 0.5) is 0 Å². The molecule has 0 saturated carbocycles. The predicted octanol–water partition coefficient (Wildman–Crippen LogP) is 5.17. The summed E-state index contributed by atoms with van der Waals surface area (Å²) in [4.78, 5) is 12.0. The van der Waals surface area contributed by atoms with Gasteiger partial charge in [-0.1, -0.05) is 41.4 Å². The van der Waals surface area contributed by atoms with Gasteiger partial charge in [0.25, 0.3) is 0 Å². The van der Waals surface area contributed by atoms with E-state index in [9.17, 15) is 4.79 Å². The van der Waals surface area contributed by atoms with Crippen molar-refractivity contribution in [1.82, 2.24) is 0 Å². The fourth-order valence-corrected chi connectivity index (χ4v) is 3.37. The second-order valence-electron chi connectivity index (χ2n) is 4.88. The van der Waals surface area contributed by atoms with E-state index in [-0.39, 0.29) is 5.97 Å². The number of aryl methyl sites for hydroxylation is 2. The third kappa shape index (κ3) is 4.26. The molecule has 0 aliphatic rings. The monoisotopic (exact) mass is 320 g/mol. The van der Waals surface area contributed by atoms with E-state index in [0.717, 1.165) is 10.6 Å². The molecule has 0 aliphatic heterocycles. The van der Waals surface area contributed by atoms with Crippen molar-refractivity contribution in [2.45, 2.75) is 31.4 Å². The van der Waals surface area contributed by atoms with E-state index in [4.69, 9.17) is 16.3 Å². The molecule has 0 N–H and O–H groups in total. The standard InChI is InChI=1S/C17H17ClO2S/c1-11-7-8-12(2)14(9-11)10-21-17-15(18)5-4-6-16(17)20-13(3)19/h4-9H,10H2,1-3H3. The van der Waals surface area contributed by atoms with Gasteiger partial charge in [-0.15, -0.1) is 11.8 Å². The molecule has 4 heteroatoms. The fourth-order valence-electron chi connectivity index (χ4n) is 1.97. The number of hydrogen-bond donors (Lipinski definition) is 0. The van der Waals surface area contributed by atoms with Gasteiger partial charge in [0.05, 0.1) is 9.92 Å². The molecule has 21 heavy (non-hydrogen) atoms. The van der Waals surface area contributed by atoms with Crippen LogP contribution in [0.2, 0.25) is 5.02 Å². The molecule has 0 spiro atoms. The van der Waals surface area contributed by atoms with Crippen LogP contribution in [0.15, 0.2) is 41.3 Å². The summed E-state index contributed by atoms with van der Waals surface area (Å²) in [6, 6.07) is 11.7. The van der Waals surface area contributed by atoms with Crippen molar-refractivity contribution in [1.29, 1.82) is 0 Å². The zero-order chi connectivity index (χ0) is 15.4. The molecule has 0 unspecified atom stereocenters. The van der Waals surface area contributed by atoms with Crippen molar-refractivity contribution in [3.63, 3.8) is 0 Å². The van der Waals surface area contributed by atoms with Crippen LogP contribution < -0.4 is 4.74 Å². The number of rotatable bonds is 4. The minimum Gasteiger partial charge on any atom is -0.425 e. The number of benzene rings is 2. The van der Waals surface area contributed by atoms with Gasteiger partial charge in [0.1, 0.15) is 5.75 Å². The van der Waals surface area contributed by atoms with E-state index < -0.39 is 0 Å². The van der Waals surface area contributed by atoms with Gasteiger partial charge in [-0.25, -0.2) is 0 Å². The van der Waals surface area contributed by atoms with Crippen LogP contribution in [0, 0.1) is 13.8 Å². The first kappa shape index (κ1) is 15.9. The lowest BCUT2D eigenvalue weighted by Gasteiger charge is -2.12. The van der Waals surface area contributed by atoms with Gasteiger partial charge in [0.15, 0.2) is 0 Å². The number of carbonyl (C=O) groups excluding carboxylic acids is 1. The zero-order valence-corrected chi connectivity index (χ0v) is 13.8. The number of halogens is 1. The highest BCUT2D eigenvalue weighted by molar-refractivity contribution is 7.98. The van der Waals surface area contributed by atoms with Gasteiger partial charge in [-0.3, -0.25) is 4.79 Å². The molecule has 0 radical (unpaired) electrons. The van der Waals surface area contributed by atoms with Crippen molar-refractivity contribution >= 4 is 29.3 Å². The molecule has 2 aromatic carbocycles. The van der Waals surface area contributed by atoms with E-state index in [2.05, 4.69) is 32.0 Å². The summed E-state index contributed by atoms with van der Waals surface area (Å²) >= 11 is 7.82. The molecule has 0 fully saturated rings. The Morgan fingerprint density at radius 3 is 2.71 bits per heavy atom. The quantitative estimate of drug-likeness (QED) is 0.441. The van der Waals surface area contributed by atoms with Crippen molar-refractivity contribution in [3.8, 4) is 5.75 Å². The Morgan fingerprint density at radius 2 is 2.00 bits per heavy atom. The third-order valence-corrected chi connectivity index (χ3v) is 4.65. The number of esters is 1. The fraction of sp³-hybridized carbons (Fsp3) is 0.235. The first-order valence-corrected chi connectivity index (χ1v) is 7.99. The van der Waals surface area contributed by atoms with E-state index in [1.54, 1.807) is 30.0 Å². The molecule has 0 heterocycles. The van der Waals surface area contributed by atoms with Crippen molar-refractivity contribution in [3.05, 3.63) is 58.1 Å². The molecule has 2 rings (SSSR count). The van der Waals surface area contributed by atoms with Crippen molar-refractivity contribution < 1.29 is 9.53 Å². The van der Waals surface area contributed by atoms with Crippen LogP contribution in [-0.2, 0) is 10.5 Å². The number of thioether (sulfide) groups is 1. The first-order valence-electron chi connectivity index (χ1n) is 6.63. The Balaban J connectivity index is 2.23. The lowest BCUT2D eigenvalue weighted by molar-refractivity contribution is -0.132. The van der Waals surface area contributed by atoms with Gasteiger partial charge < -0.3 is 4.74 Å². The van der Waals surface area contributed by atoms with Gasteiger partial charge in [0, 0.05) is 12.7 Å². The van der Waals surface area contributed by atoms with Crippen LogP contribution in [0.1, 0.15) is 23.6 Å². The molecular formula is C17H17ClO2S. The number of hydrogen-bond acceptors (Lipinski definition) is 3. The maximum absolute atomic E-state index is 11.2. The lowest BCUT2D eigenvalue weighted by Crippen LogP contribution is -2.02. The van der Waals surface area contributed by atoms with Gasteiger partial charge in [0.2, 0.25) is 0 Å². The summed E-state index contributed by atoms with van der Waals surface area (Å²) in [5.41, 5.74) is 3.73. The second kappa shape index (κ2) is 7.01. The molecule has 0 aromatic heterocycles. The molecular weight excluding hydrogens is 304 g/mol. The molecule has 110 valence electrons. The van der Waals surface area contributed by atoms with Crippen LogP contribution in [0.25, 0.3) is 0 Å². The highest BCUT2D eigenvalue weighted by atomic mass is 35.5. The molecule has 2 aromatic rings. The van der Waals surface area contributed by atoms with E-state index in [1.807, 2.05) is 0 Å². The molecule has 0 atom stereocenters. The highest BCUT2D eigenvalue weighted by Crippen LogP contribution is 2.38. The minimum absolute atomic E-state index is 0.342. The third-order valence-electron chi connectivity index (χ3n) is 3.06. The maximum Gasteiger partial charge on any atom is 0.308 e. The van der Waals surface area contributed by atoms with Crippen LogP contribution >= 0.6 is 23.4 Å². The topological polar surface area (TPSA) is 26.3 Å². The normalized spacial score (nSPS) is 10.5. The minimum atomic E-state index is -0.342. The lowest BCUT2D eigenvalue weighted by atomic mass is 10.1. The Hall–Kier alpha value is -1.45. The Labute approximate surface area is 134 Å². The molecule has 0 bridgehead atoms. The van der Waals surface area contributed by atoms with E-state index >= 15 is 0 Å². The highest BCUT2D eigenvalue weighted by Gasteiger charge is 2.12. The Bertz CT molecular complexity index is 668. The van der Waals surface area contributed by atoms with Gasteiger partial charge >= 0.3 is 5.97 Å². The average Bonchev–Trinajstić information content (AvgIpc) is 2.41. The number of ether oxygens (including phenoxy) is 1. The average molecular weight is 321 g/mol. The van der Waals surface area contributed by atoms with Crippen LogP contribution in [-0.4, -0.2) is 5.97 Å². The molecule has 2 nitrogen and oxygen atoms in total. The second-order valence-corrected chi connectivity index (χ2v) is 6.27. The van der Waals surface area contributed by atoms with Gasteiger partial charge in [-0.2, -0.15) is 0 Å². The molecule has 0 amide bonds. The summed E-state index contributed by atoms with van der Waals surface area (Å²) < 4.78 is 5.22. The van der Waals surface area contributed by atoms with E-state index in [1.165, 1.54) is 23.6 Å². The summed E-state index contributed by atoms with van der Waals surface area (Å²) in [6.07, 6.45) is 0. The number of carbonyl (C=O) groups is 1. The summed E-state index contributed by atoms with van der Waals surface area (Å²) in [6.45, 7) is 5.56. The van der Waals surface area contributed by atoms with Crippen LogP contribution in [0.3, 0.4) is 0 Å². The summed E-state index contributed by atoms with van der Waals surface area (Å²) in [5.74, 6) is 0.960.